The smallest absolute Gasteiger partial charge is 0.303 e. The van der Waals surface area contributed by atoms with Crippen molar-refractivity contribution in [1.29, 1.82) is 0 Å². The molecule has 0 radical (unpaired) electrons. The molecule has 1 unspecified atom stereocenters. The van der Waals surface area contributed by atoms with Gasteiger partial charge in [-0.3, -0.25) is 9.59 Å². The van der Waals surface area contributed by atoms with Crippen LogP contribution in [0.1, 0.15) is 31.4 Å². The number of hydrogen-bond donors (Lipinski definition) is 2. The Hall–Kier alpha value is -1.88. The normalized spacial score (nSPS) is 11.9. The van der Waals surface area contributed by atoms with Gasteiger partial charge in [0.15, 0.2) is 0 Å². The second kappa shape index (κ2) is 8.32. The Morgan fingerprint density at radius 2 is 1.95 bits per heavy atom. The van der Waals surface area contributed by atoms with Gasteiger partial charge in [-0.2, -0.15) is 0 Å². The number of carboxylic acid groups (broad SMARTS) is 1. The molecule has 1 rings (SSSR count). The third kappa shape index (κ3) is 5.40. The lowest BCUT2D eigenvalue weighted by atomic mass is 10.1. The van der Waals surface area contributed by atoms with Crippen LogP contribution >= 0.6 is 0 Å². The Balaban J connectivity index is 2.34. The molecule has 0 heterocycles. The molecule has 0 aliphatic carbocycles. The Bertz CT molecular complexity index is 434. The van der Waals surface area contributed by atoms with Crippen molar-refractivity contribution in [3.05, 3.63) is 35.9 Å². The van der Waals surface area contributed by atoms with Crippen LogP contribution in [-0.2, 0) is 9.59 Å². The molecule has 5 nitrogen and oxygen atoms in total. The van der Waals surface area contributed by atoms with Crippen LogP contribution in [0.15, 0.2) is 30.3 Å². The molecular weight excluding hydrogens is 256 g/mol. The van der Waals surface area contributed by atoms with Gasteiger partial charge in [-0.05, 0) is 25.5 Å². The lowest BCUT2D eigenvalue weighted by Gasteiger charge is -2.25. The van der Waals surface area contributed by atoms with Crippen LogP contribution in [0.5, 0.6) is 0 Å². The van der Waals surface area contributed by atoms with Crippen molar-refractivity contribution in [1.82, 2.24) is 10.2 Å². The largest absolute Gasteiger partial charge is 0.481 e. The number of aliphatic carboxylic acids is 1. The summed E-state index contributed by atoms with van der Waals surface area (Å²) in [6, 6.07) is 9.86. The summed E-state index contributed by atoms with van der Waals surface area (Å²) in [5, 5.41) is 11.5. The number of amides is 1. The van der Waals surface area contributed by atoms with Gasteiger partial charge in [-0.15, -0.1) is 0 Å². The number of nitrogens with zero attached hydrogens (tertiary/aromatic N) is 1. The fraction of sp³-hybridized carbons (Fsp3) is 0.467. The summed E-state index contributed by atoms with van der Waals surface area (Å²) in [6.45, 7) is 2.75. The lowest BCUT2D eigenvalue weighted by molar-refractivity contribution is -0.137. The Morgan fingerprint density at radius 1 is 1.30 bits per heavy atom. The molecule has 1 aromatic carbocycles. The molecule has 1 amide bonds. The number of hydrogen-bond acceptors (Lipinski definition) is 3. The monoisotopic (exact) mass is 278 g/mol. The first kappa shape index (κ1) is 16.2. The average molecular weight is 278 g/mol. The molecule has 20 heavy (non-hydrogen) atoms. The van der Waals surface area contributed by atoms with E-state index in [1.54, 1.807) is 11.9 Å². The van der Waals surface area contributed by atoms with Gasteiger partial charge in [0.2, 0.25) is 5.91 Å². The summed E-state index contributed by atoms with van der Waals surface area (Å²) >= 11 is 0. The summed E-state index contributed by atoms with van der Waals surface area (Å²) in [6.07, 6.45) is 0.651. The van der Waals surface area contributed by atoms with Crippen LogP contribution in [0.25, 0.3) is 0 Å². The van der Waals surface area contributed by atoms with Gasteiger partial charge in [0.25, 0.3) is 0 Å². The highest BCUT2D eigenvalue weighted by molar-refractivity contribution is 5.78. The van der Waals surface area contributed by atoms with Crippen LogP contribution in [0.4, 0.5) is 0 Å². The highest BCUT2D eigenvalue weighted by Gasteiger charge is 2.16. The molecule has 0 aliphatic heterocycles. The minimum atomic E-state index is -0.812. The fourth-order valence-corrected chi connectivity index (χ4v) is 1.86. The van der Waals surface area contributed by atoms with Crippen molar-refractivity contribution in [2.75, 3.05) is 20.1 Å². The van der Waals surface area contributed by atoms with Crippen LogP contribution < -0.4 is 5.32 Å². The van der Waals surface area contributed by atoms with Crippen LogP contribution in [-0.4, -0.2) is 42.0 Å². The van der Waals surface area contributed by atoms with Crippen molar-refractivity contribution in [3.8, 4) is 0 Å². The third-order valence-corrected chi connectivity index (χ3v) is 3.28. The van der Waals surface area contributed by atoms with Crippen molar-refractivity contribution < 1.29 is 14.7 Å². The predicted octanol–water partition coefficient (Wildman–Crippen LogP) is 1.66. The van der Waals surface area contributed by atoms with Crippen molar-refractivity contribution in [2.45, 2.75) is 25.8 Å². The molecule has 0 bridgehead atoms. The van der Waals surface area contributed by atoms with Crippen molar-refractivity contribution >= 4 is 11.9 Å². The molecule has 2 N–H and O–H groups in total. The summed E-state index contributed by atoms with van der Waals surface area (Å²) < 4.78 is 0. The van der Waals surface area contributed by atoms with E-state index in [4.69, 9.17) is 5.11 Å². The summed E-state index contributed by atoms with van der Waals surface area (Å²) in [4.78, 5) is 24.0. The molecular formula is C15H22N2O3. The molecule has 0 aromatic heterocycles. The molecule has 0 saturated heterocycles. The van der Waals surface area contributed by atoms with Gasteiger partial charge >= 0.3 is 5.97 Å². The molecule has 0 aliphatic rings. The van der Waals surface area contributed by atoms with Gasteiger partial charge in [0.1, 0.15) is 0 Å². The third-order valence-electron chi connectivity index (χ3n) is 3.28. The van der Waals surface area contributed by atoms with Gasteiger partial charge < -0.3 is 15.3 Å². The van der Waals surface area contributed by atoms with Gasteiger partial charge in [0, 0.05) is 13.5 Å². The summed E-state index contributed by atoms with van der Waals surface area (Å²) in [5.41, 5.74) is 1.09. The summed E-state index contributed by atoms with van der Waals surface area (Å²) in [5.74, 6) is -0.815. The minimum absolute atomic E-state index is 0.00308. The predicted molar refractivity (Wildman–Crippen MR) is 77.4 cm³/mol. The zero-order valence-electron chi connectivity index (χ0n) is 12.0. The molecule has 0 fully saturated rings. The second-order valence-electron chi connectivity index (χ2n) is 4.77. The zero-order chi connectivity index (χ0) is 15.0. The Labute approximate surface area is 119 Å². The number of likely N-dealkylation sites (N-methyl/N-ethyl adjacent to an activating group) is 1. The van der Waals surface area contributed by atoms with E-state index in [9.17, 15) is 9.59 Å². The number of benzene rings is 1. The number of carboxylic acids is 1. The van der Waals surface area contributed by atoms with E-state index in [1.165, 1.54) is 0 Å². The van der Waals surface area contributed by atoms with Gasteiger partial charge in [0.05, 0.1) is 12.6 Å². The van der Waals surface area contributed by atoms with E-state index in [0.29, 0.717) is 13.0 Å². The quantitative estimate of drug-likeness (QED) is 0.710. The molecule has 0 spiro atoms. The van der Waals surface area contributed by atoms with E-state index in [0.717, 1.165) is 5.56 Å². The minimum Gasteiger partial charge on any atom is -0.481 e. The number of nitrogens with one attached hydrogen (secondary N) is 1. The Kier molecular flexibility index (Phi) is 6.73. The van der Waals surface area contributed by atoms with E-state index >= 15 is 0 Å². The Morgan fingerprint density at radius 3 is 2.55 bits per heavy atom. The molecule has 0 saturated carbocycles. The van der Waals surface area contributed by atoms with Crippen LogP contribution in [0.3, 0.4) is 0 Å². The van der Waals surface area contributed by atoms with Crippen molar-refractivity contribution in [3.63, 3.8) is 0 Å². The van der Waals surface area contributed by atoms with E-state index < -0.39 is 5.97 Å². The number of carbonyl (C=O) groups is 2. The van der Waals surface area contributed by atoms with E-state index in [-0.39, 0.29) is 24.9 Å². The highest BCUT2D eigenvalue weighted by Crippen LogP contribution is 2.17. The lowest BCUT2D eigenvalue weighted by Crippen LogP contribution is -2.37. The fourth-order valence-electron chi connectivity index (χ4n) is 1.86. The van der Waals surface area contributed by atoms with Crippen LogP contribution in [0, 0.1) is 0 Å². The maximum atomic E-state index is 12.0. The average Bonchev–Trinajstić information content (AvgIpc) is 2.45. The van der Waals surface area contributed by atoms with Crippen molar-refractivity contribution in [2.24, 2.45) is 0 Å². The second-order valence-corrected chi connectivity index (χ2v) is 4.77. The van der Waals surface area contributed by atoms with E-state index in [2.05, 4.69) is 5.32 Å². The first-order chi connectivity index (χ1) is 9.52. The molecule has 110 valence electrons. The highest BCUT2D eigenvalue weighted by atomic mass is 16.4. The maximum absolute atomic E-state index is 12.0. The molecule has 1 atom stereocenters. The first-order valence-electron chi connectivity index (χ1n) is 6.75. The molecule has 5 heteroatoms. The van der Waals surface area contributed by atoms with E-state index in [1.807, 2.05) is 37.3 Å². The number of carbonyl (C=O) groups excluding carboxylic acids is 1. The molecule has 1 aromatic rings. The van der Waals surface area contributed by atoms with Gasteiger partial charge in [-0.25, -0.2) is 0 Å². The summed E-state index contributed by atoms with van der Waals surface area (Å²) in [7, 11) is 1.78. The first-order valence-corrected chi connectivity index (χ1v) is 6.75. The zero-order valence-corrected chi connectivity index (χ0v) is 12.0. The topological polar surface area (TPSA) is 69.6 Å². The van der Waals surface area contributed by atoms with Gasteiger partial charge in [-0.1, -0.05) is 30.3 Å². The number of rotatable bonds is 8. The van der Waals surface area contributed by atoms with Crippen LogP contribution in [0.2, 0.25) is 0 Å². The maximum Gasteiger partial charge on any atom is 0.303 e. The standard InChI is InChI=1S/C15H22N2O3/c1-12(13-7-4-3-5-8-13)17(2)14(18)11-16-10-6-9-15(19)20/h3-5,7-8,12,16H,6,9-11H2,1-2H3,(H,19,20). The SMILES string of the molecule is CC(c1ccccc1)N(C)C(=O)CNCCCC(=O)O.